The van der Waals surface area contributed by atoms with Crippen molar-refractivity contribution >= 4 is 5.91 Å². The molecule has 17 heavy (non-hydrogen) atoms. The van der Waals surface area contributed by atoms with Crippen LogP contribution in [0.25, 0.3) is 0 Å². The molecule has 0 aromatic carbocycles. The first kappa shape index (κ1) is 12.8. The van der Waals surface area contributed by atoms with Crippen molar-refractivity contribution in [1.29, 1.82) is 0 Å². The molecule has 2 N–H and O–H groups in total. The third kappa shape index (κ3) is 2.63. The van der Waals surface area contributed by atoms with Crippen molar-refractivity contribution in [3.8, 4) is 0 Å². The molecule has 0 atom stereocenters. The lowest BCUT2D eigenvalue weighted by Crippen LogP contribution is -2.48. The second kappa shape index (κ2) is 5.36. The van der Waals surface area contributed by atoms with E-state index in [-0.39, 0.29) is 11.3 Å². The zero-order valence-corrected chi connectivity index (χ0v) is 10.8. The first-order chi connectivity index (χ1) is 8.23. The second-order valence-electron chi connectivity index (χ2n) is 5.41. The summed E-state index contributed by atoms with van der Waals surface area (Å²) in [6.07, 6.45) is 6.53. The van der Waals surface area contributed by atoms with Gasteiger partial charge >= 0.3 is 0 Å². The predicted octanol–water partition coefficient (Wildman–Crippen LogP) is 1.14. The van der Waals surface area contributed by atoms with E-state index in [2.05, 4.69) is 0 Å². The maximum atomic E-state index is 12.7. The fourth-order valence-corrected chi connectivity index (χ4v) is 2.89. The maximum Gasteiger partial charge on any atom is 0.230 e. The van der Waals surface area contributed by atoms with Gasteiger partial charge in [0.2, 0.25) is 5.91 Å². The summed E-state index contributed by atoms with van der Waals surface area (Å²) in [6, 6.07) is 0.460. The lowest BCUT2D eigenvalue weighted by atomic mass is 9.84. The Labute approximate surface area is 103 Å². The number of amides is 1. The number of nitrogens with zero attached hydrogens (tertiary/aromatic N) is 1. The summed E-state index contributed by atoms with van der Waals surface area (Å²) in [4.78, 5) is 14.7. The number of carbonyl (C=O) groups is 1. The molecule has 4 nitrogen and oxygen atoms in total. The second-order valence-corrected chi connectivity index (χ2v) is 5.41. The van der Waals surface area contributed by atoms with Gasteiger partial charge in [0.1, 0.15) is 0 Å². The Kier molecular flexibility index (Phi) is 4.05. The summed E-state index contributed by atoms with van der Waals surface area (Å²) >= 11 is 0. The van der Waals surface area contributed by atoms with E-state index in [4.69, 9.17) is 10.5 Å². The molecule has 0 saturated heterocycles. The Morgan fingerprint density at radius 1 is 1.41 bits per heavy atom. The fraction of sp³-hybridized carbons (Fsp3) is 0.923. The fourth-order valence-electron chi connectivity index (χ4n) is 2.89. The van der Waals surface area contributed by atoms with Crippen molar-refractivity contribution < 1.29 is 9.53 Å². The van der Waals surface area contributed by atoms with Crippen LogP contribution in [0.2, 0.25) is 0 Å². The van der Waals surface area contributed by atoms with Gasteiger partial charge in [0, 0.05) is 26.2 Å². The van der Waals surface area contributed by atoms with Crippen LogP contribution < -0.4 is 5.73 Å². The zero-order chi connectivity index (χ0) is 12.3. The van der Waals surface area contributed by atoms with E-state index in [1.54, 1.807) is 7.11 Å². The van der Waals surface area contributed by atoms with Crippen LogP contribution in [0.3, 0.4) is 0 Å². The first-order valence-electron chi connectivity index (χ1n) is 6.73. The molecular weight excluding hydrogens is 216 g/mol. The molecule has 0 aromatic rings. The topological polar surface area (TPSA) is 55.6 Å². The van der Waals surface area contributed by atoms with Crippen LogP contribution in [0.5, 0.6) is 0 Å². The Hall–Kier alpha value is -0.610. The molecule has 0 heterocycles. The van der Waals surface area contributed by atoms with E-state index in [9.17, 15) is 4.79 Å². The van der Waals surface area contributed by atoms with Crippen LogP contribution in [0, 0.1) is 5.41 Å². The minimum Gasteiger partial charge on any atom is -0.383 e. The highest BCUT2D eigenvalue weighted by Crippen LogP contribution is 2.41. The van der Waals surface area contributed by atoms with Crippen LogP contribution in [0.1, 0.15) is 38.5 Å². The zero-order valence-electron chi connectivity index (χ0n) is 10.8. The third-order valence-electron chi connectivity index (χ3n) is 4.19. The Bertz CT molecular complexity index is 271. The third-order valence-corrected chi connectivity index (χ3v) is 4.19. The molecule has 4 heteroatoms. The van der Waals surface area contributed by atoms with E-state index in [1.165, 1.54) is 0 Å². The molecule has 2 aliphatic rings. The largest absolute Gasteiger partial charge is 0.383 e. The van der Waals surface area contributed by atoms with E-state index in [0.717, 1.165) is 45.1 Å². The summed E-state index contributed by atoms with van der Waals surface area (Å²) in [5, 5.41) is 0. The normalized spacial score (nSPS) is 22.7. The van der Waals surface area contributed by atoms with Gasteiger partial charge in [-0.1, -0.05) is 12.8 Å². The van der Waals surface area contributed by atoms with Crippen LogP contribution in [0.4, 0.5) is 0 Å². The minimum absolute atomic E-state index is 0.254. The monoisotopic (exact) mass is 240 g/mol. The van der Waals surface area contributed by atoms with Gasteiger partial charge in [0.05, 0.1) is 12.0 Å². The van der Waals surface area contributed by atoms with Crippen LogP contribution in [-0.4, -0.2) is 43.7 Å². The highest BCUT2D eigenvalue weighted by atomic mass is 16.5. The van der Waals surface area contributed by atoms with Gasteiger partial charge in [-0.25, -0.2) is 0 Å². The summed E-state index contributed by atoms with van der Waals surface area (Å²) in [6.45, 7) is 1.85. The summed E-state index contributed by atoms with van der Waals surface area (Å²) < 4.78 is 5.10. The lowest BCUT2D eigenvalue weighted by molar-refractivity contribution is -0.142. The van der Waals surface area contributed by atoms with Crippen LogP contribution in [0.15, 0.2) is 0 Å². The average molecular weight is 240 g/mol. The Balaban J connectivity index is 2.03. The van der Waals surface area contributed by atoms with Crippen LogP contribution in [-0.2, 0) is 9.53 Å². The molecule has 0 spiro atoms. The number of nitrogens with two attached hydrogens (primary N) is 1. The summed E-state index contributed by atoms with van der Waals surface area (Å²) in [5.41, 5.74) is 5.62. The molecule has 0 unspecified atom stereocenters. The first-order valence-corrected chi connectivity index (χ1v) is 6.73. The van der Waals surface area contributed by atoms with Crippen molar-refractivity contribution in [1.82, 2.24) is 4.90 Å². The van der Waals surface area contributed by atoms with Gasteiger partial charge in [-0.3, -0.25) is 4.79 Å². The molecule has 2 rings (SSSR count). The summed E-state index contributed by atoms with van der Waals surface area (Å²) in [7, 11) is 1.68. The smallest absolute Gasteiger partial charge is 0.230 e. The number of hydrogen-bond donors (Lipinski definition) is 1. The molecule has 1 amide bonds. The molecular formula is C13H24N2O2. The highest BCUT2D eigenvalue weighted by molar-refractivity contribution is 5.84. The van der Waals surface area contributed by atoms with Gasteiger partial charge < -0.3 is 15.4 Å². The molecule has 2 fully saturated rings. The summed E-state index contributed by atoms with van der Waals surface area (Å²) in [5.74, 6) is 0.289. The standard InChI is InChI=1S/C13H24N2O2/c1-17-9-8-15(11-4-5-11)12(16)13(10-14)6-2-3-7-13/h11H,2-10,14H2,1H3. The molecule has 0 radical (unpaired) electrons. The van der Waals surface area contributed by atoms with Crippen molar-refractivity contribution in [3.63, 3.8) is 0 Å². The predicted molar refractivity (Wildman–Crippen MR) is 66.6 cm³/mol. The number of hydrogen-bond acceptors (Lipinski definition) is 3. The van der Waals surface area contributed by atoms with Crippen LogP contribution >= 0.6 is 0 Å². The Morgan fingerprint density at radius 2 is 2.06 bits per heavy atom. The number of methoxy groups -OCH3 is 1. The molecule has 98 valence electrons. The SMILES string of the molecule is COCCN(C(=O)C1(CN)CCCC1)C1CC1. The highest BCUT2D eigenvalue weighted by Gasteiger charge is 2.45. The minimum atomic E-state index is -0.254. The van der Waals surface area contributed by atoms with E-state index >= 15 is 0 Å². The lowest BCUT2D eigenvalue weighted by Gasteiger charge is -2.33. The van der Waals surface area contributed by atoms with E-state index < -0.39 is 0 Å². The van der Waals surface area contributed by atoms with Crippen molar-refractivity contribution in [2.75, 3.05) is 26.8 Å². The molecule has 0 bridgehead atoms. The van der Waals surface area contributed by atoms with Crippen molar-refractivity contribution in [3.05, 3.63) is 0 Å². The molecule has 2 saturated carbocycles. The van der Waals surface area contributed by atoms with E-state index in [0.29, 0.717) is 19.2 Å². The van der Waals surface area contributed by atoms with Gasteiger partial charge in [-0.05, 0) is 25.7 Å². The van der Waals surface area contributed by atoms with Gasteiger partial charge in [-0.15, -0.1) is 0 Å². The maximum absolute atomic E-state index is 12.7. The average Bonchev–Trinajstić information content (AvgIpc) is 3.07. The number of carbonyl (C=O) groups excluding carboxylic acids is 1. The molecule has 0 aliphatic heterocycles. The molecule has 0 aromatic heterocycles. The quantitative estimate of drug-likeness (QED) is 0.757. The van der Waals surface area contributed by atoms with Gasteiger partial charge in [-0.2, -0.15) is 0 Å². The van der Waals surface area contributed by atoms with Gasteiger partial charge in [0.15, 0.2) is 0 Å². The number of rotatable bonds is 6. The van der Waals surface area contributed by atoms with E-state index in [1.807, 2.05) is 4.90 Å². The molecule has 2 aliphatic carbocycles. The van der Waals surface area contributed by atoms with Gasteiger partial charge in [0.25, 0.3) is 0 Å². The van der Waals surface area contributed by atoms with Crippen molar-refractivity contribution in [2.45, 2.75) is 44.6 Å². The number of ether oxygens (including phenoxy) is 1. The Morgan fingerprint density at radius 3 is 2.53 bits per heavy atom. The van der Waals surface area contributed by atoms with Crippen molar-refractivity contribution in [2.24, 2.45) is 11.1 Å².